The third-order valence-corrected chi connectivity index (χ3v) is 4.78. The van der Waals surface area contributed by atoms with E-state index in [-0.39, 0.29) is 16.0 Å². The van der Waals surface area contributed by atoms with Crippen LogP contribution in [-0.4, -0.2) is 38.6 Å². The summed E-state index contributed by atoms with van der Waals surface area (Å²) in [6.07, 6.45) is 0. The van der Waals surface area contributed by atoms with Crippen LogP contribution in [0.3, 0.4) is 0 Å². The highest BCUT2D eigenvalue weighted by Crippen LogP contribution is 2.20. The van der Waals surface area contributed by atoms with E-state index in [0.717, 1.165) is 0 Å². The molecule has 0 amide bonds. The van der Waals surface area contributed by atoms with E-state index in [4.69, 9.17) is 5.11 Å². The maximum atomic E-state index is 12.4. The van der Waals surface area contributed by atoms with Crippen LogP contribution in [0.2, 0.25) is 0 Å². The molecule has 0 radical (unpaired) electrons. The average Bonchev–Trinajstić information content (AvgIpc) is 2.43. The number of carboxylic acids is 1. The van der Waals surface area contributed by atoms with Gasteiger partial charge in [0.15, 0.2) is 0 Å². The average molecular weight is 329 g/mol. The molecule has 8 heteroatoms. The first kappa shape index (κ1) is 18.1. The van der Waals surface area contributed by atoms with E-state index in [2.05, 4.69) is 9.46 Å². The van der Waals surface area contributed by atoms with E-state index in [0.29, 0.717) is 0 Å². The van der Waals surface area contributed by atoms with Crippen LogP contribution in [0.25, 0.3) is 0 Å². The van der Waals surface area contributed by atoms with Crippen LogP contribution in [-0.2, 0) is 19.6 Å². The molecule has 0 aliphatic carbocycles. The Balaban J connectivity index is 3.29. The van der Waals surface area contributed by atoms with E-state index in [1.807, 2.05) is 0 Å². The molecule has 1 aromatic carbocycles. The van der Waals surface area contributed by atoms with Crippen LogP contribution < -0.4 is 4.72 Å². The monoisotopic (exact) mass is 329 g/mol. The Morgan fingerprint density at radius 1 is 1.27 bits per heavy atom. The Hall–Kier alpha value is -1.93. The van der Waals surface area contributed by atoms with Gasteiger partial charge in [0.25, 0.3) is 0 Å². The summed E-state index contributed by atoms with van der Waals surface area (Å²) in [4.78, 5) is 22.6. The molecular weight excluding hydrogens is 310 g/mol. The second-order valence-corrected chi connectivity index (χ2v) is 6.78. The lowest BCUT2D eigenvalue weighted by Gasteiger charge is -2.19. The van der Waals surface area contributed by atoms with Crippen molar-refractivity contribution in [2.75, 3.05) is 7.11 Å². The van der Waals surface area contributed by atoms with Crippen molar-refractivity contribution >= 4 is 22.0 Å². The maximum absolute atomic E-state index is 12.4. The Labute approximate surface area is 129 Å². The topological polar surface area (TPSA) is 110 Å². The quantitative estimate of drug-likeness (QED) is 0.758. The summed E-state index contributed by atoms with van der Waals surface area (Å²) in [5.74, 6) is -2.36. The lowest BCUT2D eigenvalue weighted by atomic mass is 10.1. The number of esters is 1. The fourth-order valence-electron chi connectivity index (χ4n) is 1.94. The minimum absolute atomic E-state index is 0.113. The summed E-state index contributed by atoms with van der Waals surface area (Å²) in [5.41, 5.74) is 0.316. The lowest BCUT2D eigenvalue weighted by Crippen LogP contribution is -2.44. The summed E-state index contributed by atoms with van der Waals surface area (Å²) in [5, 5.41) is 9.10. The van der Waals surface area contributed by atoms with Crippen molar-refractivity contribution in [1.29, 1.82) is 0 Å². The molecule has 0 spiro atoms. The normalized spacial score (nSPS) is 13.0. The first-order valence-electron chi connectivity index (χ1n) is 6.55. The van der Waals surface area contributed by atoms with Gasteiger partial charge >= 0.3 is 11.9 Å². The molecule has 0 heterocycles. The third kappa shape index (κ3) is 3.83. The first-order chi connectivity index (χ1) is 10.1. The SMILES string of the molecule is COC(=O)c1cccc(S(=O)(=O)NC(C(=O)O)C(C)C)c1C. The molecule has 0 fully saturated rings. The zero-order chi connectivity index (χ0) is 17.1. The molecule has 122 valence electrons. The number of rotatable bonds is 6. The van der Waals surface area contributed by atoms with Crippen molar-refractivity contribution in [3.05, 3.63) is 29.3 Å². The van der Waals surface area contributed by atoms with Crippen LogP contribution in [0.5, 0.6) is 0 Å². The molecule has 1 rings (SSSR count). The van der Waals surface area contributed by atoms with E-state index < -0.39 is 33.9 Å². The van der Waals surface area contributed by atoms with Crippen molar-refractivity contribution in [3.63, 3.8) is 0 Å². The number of nitrogens with one attached hydrogen (secondary N) is 1. The zero-order valence-electron chi connectivity index (χ0n) is 12.8. The standard InChI is InChI=1S/C14H19NO6S/c1-8(2)12(13(16)17)15-22(19,20)11-7-5-6-10(9(11)3)14(18)21-4/h5-8,12,15H,1-4H3,(H,16,17). The molecule has 7 nitrogen and oxygen atoms in total. The molecule has 0 bridgehead atoms. The van der Waals surface area contributed by atoms with E-state index in [1.54, 1.807) is 13.8 Å². The highest BCUT2D eigenvalue weighted by Gasteiger charge is 2.29. The fraction of sp³-hybridized carbons (Fsp3) is 0.429. The van der Waals surface area contributed by atoms with Crippen molar-refractivity contribution in [2.24, 2.45) is 5.92 Å². The number of carbonyl (C=O) groups is 2. The number of hydrogen-bond donors (Lipinski definition) is 2. The molecule has 0 aliphatic rings. The van der Waals surface area contributed by atoms with Gasteiger partial charge in [-0.25, -0.2) is 13.2 Å². The smallest absolute Gasteiger partial charge is 0.338 e. The van der Waals surface area contributed by atoms with Gasteiger partial charge in [0.2, 0.25) is 10.0 Å². The molecule has 1 atom stereocenters. The van der Waals surface area contributed by atoms with Crippen LogP contribution in [0.4, 0.5) is 0 Å². The molecular formula is C14H19NO6S. The number of ether oxygens (including phenoxy) is 1. The second-order valence-electron chi connectivity index (χ2n) is 5.10. The molecule has 1 unspecified atom stereocenters. The number of methoxy groups -OCH3 is 1. The van der Waals surface area contributed by atoms with Crippen LogP contribution >= 0.6 is 0 Å². The van der Waals surface area contributed by atoms with Gasteiger partial charge in [-0.05, 0) is 30.5 Å². The summed E-state index contributed by atoms with van der Waals surface area (Å²) in [6.45, 7) is 4.66. The van der Waals surface area contributed by atoms with Crippen molar-refractivity contribution in [2.45, 2.75) is 31.7 Å². The highest BCUT2D eigenvalue weighted by molar-refractivity contribution is 7.89. The second kappa shape index (κ2) is 6.89. The Kier molecular flexibility index (Phi) is 5.67. The van der Waals surface area contributed by atoms with E-state index in [1.165, 1.54) is 32.2 Å². The van der Waals surface area contributed by atoms with Gasteiger partial charge in [0.05, 0.1) is 17.6 Å². The van der Waals surface area contributed by atoms with Crippen LogP contribution in [0, 0.1) is 12.8 Å². The summed E-state index contributed by atoms with van der Waals surface area (Å²) in [7, 11) is -2.89. The Bertz CT molecular complexity index is 681. The predicted molar refractivity (Wildman–Crippen MR) is 79.1 cm³/mol. The number of carbonyl (C=O) groups excluding carboxylic acids is 1. The van der Waals surface area contributed by atoms with Gasteiger partial charge in [-0.2, -0.15) is 4.72 Å². The molecule has 2 N–H and O–H groups in total. The van der Waals surface area contributed by atoms with Gasteiger partial charge < -0.3 is 9.84 Å². The number of sulfonamides is 1. The van der Waals surface area contributed by atoms with E-state index >= 15 is 0 Å². The molecule has 0 saturated heterocycles. The van der Waals surface area contributed by atoms with Crippen LogP contribution in [0.1, 0.15) is 29.8 Å². The number of aliphatic carboxylic acids is 1. The van der Waals surface area contributed by atoms with Crippen molar-refractivity contribution in [3.8, 4) is 0 Å². The minimum Gasteiger partial charge on any atom is -0.480 e. The van der Waals surface area contributed by atoms with Gasteiger partial charge in [-0.15, -0.1) is 0 Å². The van der Waals surface area contributed by atoms with Gasteiger partial charge in [-0.1, -0.05) is 19.9 Å². The molecule has 0 aliphatic heterocycles. The Morgan fingerprint density at radius 2 is 1.86 bits per heavy atom. The lowest BCUT2D eigenvalue weighted by molar-refractivity contribution is -0.140. The minimum atomic E-state index is -4.08. The highest BCUT2D eigenvalue weighted by atomic mass is 32.2. The van der Waals surface area contributed by atoms with E-state index in [9.17, 15) is 18.0 Å². The zero-order valence-corrected chi connectivity index (χ0v) is 13.6. The van der Waals surface area contributed by atoms with Gasteiger partial charge in [0.1, 0.15) is 6.04 Å². The van der Waals surface area contributed by atoms with Crippen molar-refractivity contribution in [1.82, 2.24) is 4.72 Å². The van der Waals surface area contributed by atoms with Crippen LogP contribution in [0.15, 0.2) is 23.1 Å². The summed E-state index contributed by atoms with van der Waals surface area (Å²) in [6, 6.07) is 2.89. The van der Waals surface area contributed by atoms with Crippen molar-refractivity contribution < 1.29 is 27.9 Å². The molecule has 1 aromatic rings. The van der Waals surface area contributed by atoms with Gasteiger partial charge in [0, 0.05) is 0 Å². The maximum Gasteiger partial charge on any atom is 0.338 e. The predicted octanol–water partition coefficient (Wildman–Crippen LogP) is 1.17. The molecule has 0 aromatic heterocycles. The molecule has 22 heavy (non-hydrogen) atoms. The third-order valence-electron chi connectivity index (χ3n) is 3.19. The Morgan fingerprint density at radius 3 is 2.32 bits per heavy atom. The number of benzene rings is 1. The summed E-state index contributed by atoms with van der Waals surface area (Å²) >= 11 is 0. The van der Waals surface area contributed by atoms with Gasteiger partial charge in [-0.3, -0.25) is 4.79 Å². The number of hydrogen-bond acceptors (Lipinski definition) is 5. The number of carboxylic acid groups (broad SMARTS) is 1. The fourth-order valence-corrected chi connectivity index (χ4v) is 3.54. The first-order valence-corrected chi connectivity index (χ1v) is 8.03. The molecule has 0 saturated carbocycles. The summed E-state index contributed by atoms with van der Waals surface area (Å²) < 4.78 is 31.6. The largest absolute Gasteiger partial charge is 0.480 e.